The number of ether oxygens (including phenoxy) is 1. The number of hydrogen-bond donors (Lipinski definition) is 1. The zero-order valence-corrected chi connectivity index (χ0v) is 13.8. The summed E-state index contributed by atoms with van der Waals surface area (Å²) in [5.74, 6) is -0.251. The lowest BCUT2D eigenvalue weighted by atomic mass is 9.92. The number of nitrogens with zero attached hydrogens (tertiary/aromatic N) is 1. The molecule has 0 aromatic heterocycles. The van der Waals surface area contributed by atoms with E-state index in [4.69, 9.17) is 16.3 Å². The minimum atomic E-state index is -0.800. The van der Waals surface area contributed by atoms with Gasteiger partial charge in [-0.05, 0) is 55.4 Å². The number of aryl methyl sites for hydroxylation is 1. The number of amides is 1. The number of hydrogen-bond acceptors (Lipinski definition) is 3. The Labute approximate surface area is 140 Å². The maximum Gasteiger partial charge on any atom is 0.308 e. The van der Waals surface area contributed by atoms with Gasteiger partial charge in [-0.1, -0.05) is 11.6 Å². The number of carboxylic acid groups (broad SMARTS) is 1. The molecule has 1 amide bonds. The molecule has 1 N–H and O–H groups in total. The number of carboxylic acids is 1. The lowest BCUT2D eigenvalue weighted by Crippen LogP contribution is -2.33. The molecule has 0 spiro atoms. The van der Waals surface area contributed by atoms with E-state index in [9.17, 15) is 14.7 Å². The fourth-order valence-electron chi connectivity index (χ4n) is 3.24. The molecule has 23 heavy (non-hydrogen) atoms. The second-order valence-corrected chi connectivity index (χ2v) is 6.85. The van der Waals surface area contributed by atoms with Crippen LogP contribution >= 0.6 is 11.6 Å². The molecule has 1 aromatic rings. The van der Waals surface area contributed by atoms with E-state index in [0.717, 1.165) is 18.4 Å². The minimum absolute atomic E-state index is 0.0786. The van der Waals surface area contributed by atoms with Gasteiger partial charge >= 0.3 is 5.97 Å². The fourth-order valence-corrected chi connectivity index (χ4v) is 3.36. The summed E-state index contributed by atoms with van der Waals surface area (Å²) in [6.45, 7) is 2.61. The molecule has 2 fully saturated rings. The Hall–Kier alpha value is -1.75. The summed E-state index contributed by atoms with van der Waals surface area (Å²) in [5.41, 5.74) is 0.887. The lowest BCUT2D eigenvalue weighted by molar-refractivity contribution is -0.142. The van der Waals surface area contributed by atoms with Crippen molar-refractivity contribution in [3.63, 3.8) is 0 Å². The van der Waals surface area contributed by atoms with E-state index in [2.05, 4.69) is 0 Å². The van der Waals surface area contributed by atoms with Crippen LogP contribution in [0.2, 0.25) is 5.02 Å². The van der Waals surface area contributed by atoms with Crippen LogP contribution in [0.1, 0.15) is 18.4 Å². The standard InChI is InChI=1S/C17H20ClNO4/c1-10-6-12(4-5-15(10)18)23-9-16(20)19-7-13(11-2-3-11)14(8-19)17(21)22/h4-6,11,13-14H,2-3,7-9H2,1H3,(H,21,22)/t13-,14+/m1/s1. The molecular weight excluding hydrogens is 318 g/mol. The van der Waals surface area contributed by atoms with Gasteiger partial charge in [-0.3, -0.25) is 9.59 Å². The Morgan fingerprint density at radius 2 is 2.09 bits per heavy atom. The van der Waals surface area contributed by atoms with Gasteiger partial charge in [-0.2, -0.15) is 0 Å². The molecule has 0 bridgehead atoms. The first-order valence-corrected chi connectivity index (χ1v) is 8.23. The number of likely N-dealkylation sites (tertiary alicyclic amines) is 1. The Bertz CT molecular complexity index is 629. The summed E-state index contributed by atoms with van der Waals surface area (Å²) in [7, 11) is 0. The van der Waals surface area contributed by atoms with Crippen LogP contribution in [-0.2, 0) is 9.59 Å². The highest BCUT2D eigenvalue weighted by atomic mass is 35.5. The monoisotopic (exact) mass is 337 g/mol. The molecule has 1 heterocycles. The highest BCUT2D eigenvalue weighted by Gasteiger charge is 2.46. The molecule has 1 aromatic carbocycles. The van der Waals surface area contributed by atoms with Gasteiger partial charge in [0.1, 0.15) is 5.75 Å². The molecule has 3 rings (SSSR count). The van der Waals surface area contributed by atoms with Gasteiger partial charge in [0, 0.05) is 18.1 Å². The third kappa shape index (κ3) is 3.61. The summed E-state index contributed by atoms with van der Waals surface area (Å²) >= 11 is 5.96. The summed E-state index contributed by atoms with van der Waals surface area (Å²) in [5, 5.41) is 10.00. The quantitative estimate of drug-likeness (QED) is 0.896. The Kier molecular flexibility index (Phi) is 4.48. The van der Waals surface area contributed by atoms with Crippen molar-refractivity contribution in [1.29, 1.82) is 0 Å². The summed E-state index contributed by atoms with van der Waals surface area (Å²) < 4.78 is 5.53. The first-order chi connectivity index (χ1) is 11.0. The van der Waals surface area contributed by atoms with E-state index in [1.807, 2.05) is 6.92 Å². The molecule has 1 aliphatic carbocycles. The highest BCUT2D eigenvalue weighted by molar-refractivity contribution is 6.31. The van der Waals surface area contributed by atoms with Gasteiger partial charge in [0.05, 0.1) is 5.92 Å². The van der Waals surface area contributed by atoms with Crippen LogP contribution in [-0.4, -0.2) is 41.6 Å². The van der Waals surface area contributed by atoms with Gasteiger partial charge < -0.3 is 14.7 Å². The number of benzene rings is 1. The topological polar surface area (TPSA) is 66.8 Å². The summed E-state index contributed by atoms with van der Waals surface area (Å²) in [6, 6.07) is 5.24. The van der Waals surface area contributed by atoms with E-state index in [0.29, 0.717) is 29.8 Å². The van der Waals surface area contributed by atoms with Crippen LogP contribution in [0.3, 0.4) is 0 Å². The molecular formula is C17H20ClNO4. The first kappa shape index (κ1) is 16.1. The van der Waals surface area contributed by atoms with Crippen molar-refractivity contribution in [3.05, 3.63) is 28.8 Å². The van der Waals surface area contributed by atoms with Crippen molar-refractivity contribution in [3.8, 4) is 5.75 Å². The number of carbonyl (C=O) groups excluding carboxylic acids is 1. The molecule has 5 nitrogen and oxygen atoms in total. The van der Waals surface area contributed by atoms with Crippen molar-refractivity contribution in [1.82, 2.24) is 4.90 Å². The number of carbonyl (C=O) groups is 2. The molecule has 0 unspecified atom stereocenters. The SMILES string of the molecule is Cc1cc(OCC(=O)N2C[C@H](C(=O)O)[C@@H](C3CC3)C2)ccc1Cl. The number of rotatable bonds is 5. The zero-order chi connectivity index (χ0) is 16.6. The van der Waals surface area contributed by atoms with Crippen molar-refractivity contribution >= 4 is 23.5 Å². The van der Waals surface area contributed by atoms with Crippen LogP contribution in [0, 0.1) is 24.7 Å². The molecule has 124 valence electrons. The summed E-state index contributed by atoms with van der Waals surface area (Å²) in [6.07, 6.45) is 2.16. The number of halogens is 1. The van der Waals surface area contributed by atoms with E-state index in [1.165, 1.54) is 0 Å². The van der Waals surface area contributed by atoms with Crippen LogP contribution in [0.5, 0.6) is 5.75 Å². The summed E-state index contributed by atoms with van der Waals surface area (Å²) in [4.78, 5) is 25.3. The molecule has 6 heteroatoms. The average Bonchev–Trinajstić information content (AvgIpc) is 3.26. The normalized spacial score (nSPS) is 23.8. The Morgan fingerprint density at radius 1 is 1.35 bits per heavy atom. The second-order valence-electron chi connectivity index (χ2n) is 6.44. The average molecular weight is 338 g/mol. The van der Waals surface area contributed by atoms with Crippen LogP contribution < -0.4 is 4.74 Å². The Balaban J connectivity index is 1.58. The van der Waals surface area contributed by atoms with Gasteiger partial charge in [-0.15, -0.1) is 0 Å². The predicted octanol–water partition coefficient (Wildman–Crippen LogP) is 2.60. The molecule has 0 radical (unpaired) electrons. The van der Waals surface area contributed by atoms with Crippen molar-refractivity contribution in [2.24, 2.45) is 17.8 Å². The van der Waals surface area contributed by atoms with Crippen molar-refractivity contribution in [2.75, 3.05) is 19.7 Å². The second kappa shape index (κ2) is 6.40. The molecule has 1 saturated heterocycles. The smallest absolute Gasteiger partial charge is 0.308 e. The zero-order valence-electron chi connectivity index (χ0n) is 13.0. The van der Waals surface area contributed by atoms with Crippen LogP contribution in [0.4, 0.5) is 0 Å². The highest BCUT2D eigenvalue weighted by Crippen LogP contribution is 2.44. The largest absolute Gasteiger partial charge is 0.484 e. The van der Waals surface area contributed by atoms with Gasteiger partial charge in [-0.25, -0.2) is 0 Å². The number of aliphatic carboxylic acids is 1. The maximum atomic E-state index is 12.3. The van der Waals surface area contributed by atoms with E-state index < -0.39 is 11.9 Å². The van der Waals surface area contributed by atoms with E-state index in [-0.39, 0.29) is 18.4 Å². The van der Waals surface area contributed by atoms with Crippen LogP contribution in [0.25, 0.3) is 0 Å². The maximum absolute atomic E-state index is 12.3. The van der Waals surface area contributed by atoms with Gasteiger partial charge in [0.2, 0.25) is 0 Å². The third-order valence-corrected chi connectivity index (χ3v) is 5.18. The fraction of sp³-hybridized carbons (Fsp3) is 0.529. The molecule has 1 aliphatic heterocycles. The van der Waals surface area contributed by atoms with Crippen LogP contribution in [0.15, 0.2) is 18.2 Å². The molecule has 1 saturated carbocycles. The Morgan fingerprint density at radius 3 is 2.70 bits per heavy atom. The van der Waals surface area contributed by atoms with E-state index >= 15 is 0 Å². The lowest BCUT2D eigenvalue weighted by Gasteiger charge is -2.17. The van der Waals surface area contributed by atoms with E-state index in [1.54, 1.807) is 23.1 Å². The van der Waals surface area contributed by atoms with Gasteiger partial charge in [0.15, 0.2) is 6.61 Å². The predicted molar refractivity (Wildman–Crippen MR) is 85.6 cm³/mol. The van der Waals surface area contributed by atoms with Crippen molar-refractivity contribution < 1.29 is 19.4 Å². The minimum Gasteiger partial charge on any atom is -0.484 e. The molecule has 2 aliphatic rings. The first-order valence-electron chi connectivity index (χ1n) is 7.85. The van der Waals surface area contributed by atoms with Crippen molar-refractivity contribution in [2.45, 2.75) is 19.8 Å². The third-order valence-electron chi connectivity index (χ3n) is 4.75. The molecule has 2 atom stereocenters. The van der Waals surface area contributed by atoms with Gasteiger partial charge in [0.25, 0.3) is 5.91 Å².